The maximum Gasteiger partial charge on any atom is 0.311 e. The molecule has 0 N–H and O–H groups in total. The molecular weight excluding hydrogens is 485 g/mol. The molecule has 0 unspecified atom stereocenters. The van der Waals surface area contributed by atoms with Gasteiger partial charge >= 0.3 is 5.97 Å². The molecular formula is C24H17Cl2NO7. The van der Waals surface area contributed by atoms with Crippen LogP contribution >= 0.6 is 23.2 Å². The molecule has 174 valence electrons. The van der Waals surface area contributed by atoms with Gasteiger partial charge in [0, 0.05) is 34.2 Å². The highest BCUT2D eigenvalue weighted by Crippen LogP contribution is 2.41. The first kappa shape index (κ1) is 22.5. The van der Waals surface area contributed by atoms with Crippen LogP contribution in [0.5, 0.6) is 17.2 Å². The van der Waals surface area contributed by atoms with E-state index in [0.717, 1.165) is 5.56 Å². The summed E-state index contributed by atoms with van der Waals surface area (Å²) < 4.78 is 27.3. The van der Waals surface area contributed by atoms with Crippen LogP contribution in [-0.2, 0) is 22.6 Å². The minimum Gasteiger partial charge on any atom is -0.467 e. The normalized spacial score (nSPS) is 15.5. The van der Waals surface area contributed by atoms with Crippen molar-refractivity contribution in [3.8, 4) is 17.2 Å². The Hall–Kier alpha value is -3.33. The van der Waals surface area contributed by atoms with Crippen LogP contribution < -0.4 is 14.2 Å². The number of nitrogens with zero attached hydrogens (tertiary/aromatic N) is 1. The van der Waals surface area contributed by atoms with E-state index < -0.39 is 5.97 Å². The zero-order valence-corrected chi connectivity index (χ0v) is 19.4. The maximum absolute atomic E-state index is 13.0. The van der Waals surface area contributed by atoms with Crippen LogP contribution in [0.1, 0.15) is 39.2 Å². The van der Waals surface area contributed by atoms with Crippen molar-refractivity contribution in [3.63, 3.8) is 0 Å². The van der Waals surface area contributed by atoms with Gasteiger partial charge in [-0.25, -0.2) is 0 Å². The molecule has 0 atom stereocenters. The highest BCUT2D eigenvalue weighted by molar-refractivity contribution is 6.31. The minimum atomic E-state index is -0.472. The first-order valence-corrected chi connectivity index (χ1v) is 11.1. The van der Waals surface area contributed by atoms with Crippen molar-refractivity contribution in [2.24, 2.45) is 0 Å². The van der Waals surface area contributed by atoms with Crippen LogP contribution in [0.2, 0.25) is 10.2 Å². The summed E-state index contributed by atoms with van der Waals surface area (Å²) in [5.41, 5.74) is 2.30. The monoisotopic (exact) mass is 501 g/mol. The first-order chi connectivity index (χ1) is 16.4. The smallest absolute Gasteiger partial charge is 0.311 e. The second kappa shape index (κ2) is 9.13. The average molecular weight is 502 g/mol. The van der Waals surface area contributed by atoms with E-state index in [9.17, 15) is 9.59 Å². The Kier molecular flexibility index (Phi) is 6.03. The molecule has 2 aliphatic heterocycles. The molecule has 0 fully saturated rings. The first-order valence-electron chi connectivity index (χ1n) is 10.3. The van der Waals surface area contributed by atoms with Gasteiger partial charge in [-0.1, -0.05) is 28.4 Å². The van der Waals surface area contributed by atoms with Gasteiger partial charge in [-0.2, -0.15) is 0 Å². The molecule has 0 aliphatic carbocycles. The molecule has 5 rings (SSSR count). The molecule has 0 bridgehead atoms. The standard InChI is InChI=1S/C24H17Cl2NO7/c1-12-18(32-21(28)5-2-16-9-20(26)27-34-16)4-3-17-22(29)19(33-23(12)17)8-13-6-15(25)7-14-10-30-11-31-24(13)14/h3-4,6-9H,2,5,10-11H2,1H3/b19-8-. The molecule has 1 aromatic heterocycles. The zero-order chi connectivity index (χ0) is 23.8. The largest absolute Gasteiger partial charge is 0.467 e. The fourth-order valence-electron chi connectivity index (χ4n) is 3.74. The number of hydrogen-bond donors (Lipinski definition) is 0. The number of ketones is 1. The molecule has 0 saturated carbocycles. The maximum atomic E-state index is 13.0. The van der Waals surface area contributed by atoms with Crippen molar-refractivity contribution in [1.82, 2.24) is 5.16 Å². The van der Waals surface area contributed by atoms with E-state index in [1.807, 2.05) is 0 Å². The van der Waals surface area contributed by atoms with Crippen LogP contribution in [0.3, 0.4) is 0 Å². The van der Waals surface area contributed by atoms with Crippen molar-refractivity contribution in [2.45, 2.75) is 26.4 Å². The number of halogens is 2. The molecule has 2 aromatic carbocycles. The number of hydrogen-bond acceptors (Lipinski definition) is 8. The highest BCUT2D eigenvalue weighted by atomic mass is 35.5. The van der Waals surface area contributed by atoms with Gasteiger partial charge in [-0.05, 0) is 37.3 Å². The summed E-state index contributed by atoms with van der Waals surface area (Å²) >= 11 is 11.9. The number of benzene rings is 2. The Morgan fingerprint density at radius 3 is 2.85 bits per heavy atom. The van der Waals surface area contributed by atoms with Crippen LogP contribution in [0.15, 0.2) is 40.6 Å². The number of rotatable bonds is 5. The van der Waals surface area contributed by atoms with E-state index >= 15 is 0 Å². The Balaban J connectivity index is 1.35. The van der Waals surface area contributed by atoms with Crippen LogP contribution in [0.4, 0.5) is 0 Å². The summed E-state index contributed by atoms with van der Waals surface area (Å²) in [4.78, 5) is 25.3. The summed E-state index contributed by atoms with van der Waals surface area (Å²) in [5.74, 6) is 1.06. The van der Waals surface area contributed by atoms with E-state index in [0.29, 0.717) is 57.7 Å². The second-order valence-corrected chi connectivity index (χ2v) is 8.51. The van der Waals surface area contributed by atoms with Crippen molar-refractivity contribution in [3.05, 3.63) is 74.3 Å². The van der Waals surface area contributed by atoms with Gasteiger partial charge in [-0.3, -0.25) is 9.59 Å². The summed E-state index contributed by atoms with van der Waals surface area (Å²) in [5, 5.41) is 4.28. The number of aromatic nitrogens is 1. The minimum absolute atomic E-state index is 0.0661. The van der Waals surface area contributed by atoms with Gasteiger partial charge in [-0.15, -0.1) is 0 Å². The summed E-state index contributed by atoms with van der Waals surface area (Å²) in [7, 11) is 0. The third kappa shape index (κ3) is 4.40. The lowest BCUT2D eigenvalue weighted by Gasteiger charge is -2.20. The van der Waals surface area contributed by atoms with Crippen LogP contribution in [-0.4, -0.2) is 23.7 Å². The highest BCUT2D eigenvalue weighted by Gasteiger charge is 2.31. The number of fused-ring (bicyclic) bond motifs is 2. The van der Waals surface area contributed by atoms with Crippen molar-refractivity contribution in [2.75, 3.05) is 6.79 Å². The average Bonchev–Trinajstić information content (AvgIpc) is 3.37. The molecule has 8 nitrogen and oxygen atoms in total. The lowest BCUT2D eigenvalue weighted by Crippen LogP contribution is -2.12. The number of allylic oxidation sites excluding steroid dienone is 1. The van der Waals surface area contributed by atoms with Gasteiger partial charge < -0.3 is 23.5 Å². The SMILES string of the molecule is Cc1c(OC(=O)CCc2cc(Cl)no2)ccc2c1O/C(=C\c1cc(Cl)cc3c1OCOC3)C2=O. The number of aryl methyl sites for hydroxylation is 1. The Morgan fingerprint density at radius 1 is 1.21 bits per heavy atom. The predicted molar refractivity (Wildman–Crippen MR) is 121 cm³/mol. The topological polar surface area (TPSA) is 97.1 Å². The molecule has 34 heavy (non-hydrogen) atoms. The van der Waals surface area contributed by atoms with E-state index in [-0.39, 0.29) is 29.9 Å². The molecule has 0 spiro atoms. The summed E-state index contributed by atoms with van der Waals surface area (Å²) in [6.45, 7) is 2.19. The van der Waals surface area contributed by atoms with Crippen molar-refractivity contribution in [1.29, 1.82) is 0 Å². The van der Waals surface area contributed by atoms with Gasteiger partial charge in [0.15, 0.2) is 17.7 Å². The molecule has 3 heterocycles. The Bertz CT molecular complexity index is 1350. The van der Waals surface area contributed by atoms with Crippen LogP contribution in [0, 0.1) is 6.92 Å². The van der Waals surface area contributed by atoms with E-state index in [2.05, 4.69) is 5.16 Å². The predicted octanol–water partition coefficient (Wildman–Crippen LogP) is 5.31. The van der Waals surface area contributed by atoms with Gasteiger partial charge in [0.05, 0.1) is 18.6 Å². The number of carbonyl (C=O) groups is 2. The Morgan fingerprint density at radius 2 is 2.06 bits per heavy atom. The Labute approximate surface area is 203 Å². The number of Topliss-reactive ketones (excluding diaryl/α,β-unsaturated/α-hetero) is 1. The fourth-order valence-corrected chi connectivity index (χ4v) is 4.15. The molecule has 0 amide bonds. The van der Waals surface area contributed by atoms with Gasteiger partial charge in [0.1, 0.15) is 23.0 Å². The van der Waals surface area contributed by atoms with Crippen LogP contribution in [0.25, 0.3) is 6.08 Å². The third-order valence-corrected chi connectivity index (χ3v) is 5.75. The van der Waals surface area contributed by atoms with E-state index in [1.165, 1.54) is 6.07 Å². The summed E-state index contributed by atoms with van der Waals surface area (Å²) in [6.07, 6.45) is 1.95. The van der Waals surface area contributed by atoms with Gasteiger partial charge in [0.25, 0.3) is 0 Å². The molecule has 2 aliphatic rings. The molecule has 10 heteroatoms. The van der Waals surface area contributed by atoms with Crippen molar-refractivity contribution >= 4 is 41.0 Å². The lowest BCUT2D eigenvalue weighted by molar-refractivity contribution is -0.134. The zero-order valence-electron chi connectivity index (χ0n) is 17.9. The quantitative estimate of drug-likeness (QED) is 0.263. The van der Waals surface area contributed by atoms with Crippen molar-refractivity contribution < 1.29 is 33.1 Å². The third-order valence-electron chi connectivity index (χ3n) is 5.36. The number of carbonyl (C=O) groups excluding carboxylic acids is 2. The number of ether oxygens (including phenoxy) is 4. The fraction of sp³-hybridized carbons (Fsp3) is 0.208. The molecule has 0 saturated heterocycles. The second-order valence-electron chi connectivity index (χ2n) is 7.69. The van der Waals surface area contributed by atoms with Gasteiger partial charge in [0.2, 0.25) is 5.78 Å². The lowest BCUT2D eigenvalue weighted by atomic mass is 10.0. The summed E-state index contributed by atoms with van der Waals surface area (Å²) in [6, 6.07) is 8.13. The number of esters is 1. The van der Waals surface area contributed by atoms with E-state index in [4.69, 9.17) is 46.7 Å². The van der Waals surface area contributed by atoms with E-state index in [1.54, 1.807) is 37.3 Å². The molecule has 3 aromatic rings. The molecule has 0 radical (unpaired) electrons.